The highest BCUT2D eigenvalue weighted by Crippen LogP contribution is 2.29. The van der Waals surface area contributed by atoms with Crippen LogP contribution in [0, 0.1) is 0 Å². The van der Waals surface area contributed by atoms with Gasteiger partial charge in [0.2, 0.25) is 0 Å². The number of phenols is 1. The molecule has 1 heterocycles. The molecule has 0 aliphatic heterocycles. The van der Waals surface area contributed by atoms with E-state index in [0.29, 0.717) is 12.3 Å². The number of hydrogen-bond acceptors (Lipinski definition) is 5. The number of aryl methyl sites for hydroxylation is 1. The standard InChI is InChI=1S/C18H26N4O2S.HI/c1-4-14-12-21-16(25-14)9-10-20-18(19-5-2)22-11-13-7-6-8-15(24-3)17(13)23;/h6-8,12,23H,4-5,9-11H2,1-3H3,(H2,19,20,22);1H. The van der Waals surface area contributed by atoms with Crippen LogP contribution in [0.3, 0.4) is 0 Å². The Balaban J connectivity index is 0.00000338. The average molecular weight is 490 g/mol. The van der Waals surface area contributed by atoms with Crippen molar-refractivity contribution in [3.8, 4) is 11.5 Å². The first-order valence-corrected chi connectivity index (χ1v) is 9.30. The molecule has 0 aliphatic rings. The predicted molar refractivity (Wildman–Crippen MR) is 118 cm³/mol. The molecule has 1 aromatic heterocycles. The first kappa shape index (κ1) is 22.5. The van der Waals surface area contributed by atoms with Crippen LogP contribution in [0.4, 0.5) is 0 Å². The van der Waals surface area contributed by atoms with Crippen LogP contribution >= 0.6 is 35.3 Å². The molecule has 0 saturated heterocycles. The molecule has 0 fully saturated rings. The van der Waals surface area contributed by atoms with Crippen LogP contribution in [0.5, 0.6) is 11.5 Å². The van der Waals surface area contributed by atoms with Crippen LogP contribution in [0.2, 0.25) is 0 Å². The third kappa shape index (κ3) is 6.64. The average Bonchev–Trinajstić information content (AvgIpc) is 3.08. The minimum absolute atomic E-state index is 0. The quantitative estimate of drug-likeness (QED) is 0.301. The lowest BCUT2D eigenvalue weighted by Gasteiger charge is -2.11. The molecule has 1 aromatic carbocycles. The summed E-state index contributed by atoms with van der Waals surface area (Å²) in [6, 6.07) is 5.41. The van der Waals surface area contributed by atoms with Gasteiger partial charge in [-0.3, -0.25) is 0 Å². The number of hydrogen-bond donors (Lipinski definition) is 3. The Bertz CT molecular complexity index is 706. The molecule has 0 aliphatic carbocycles. The summed E-state index contributed by atoms with van der Waals surface area (Å²) in [5, 5.41) is 17.8. The molecule has 26 heavy (non-hydrogen) atoms. The van der Waals surface area contributed by atoms with E-state index in [1.54, 1.807) is 17.4 Å². The summed E-state index contributed by atoms with van der Waals surface area (Å²) in [6.45, 7) is 6.06. The molecule has 0 saturated carbocycles. The number of nitrogens with one attached hydrogen (secondary N) is 2. The lowest BCUT2D eigenvalue weighted by Crippen LogP contribution is -2.38. The summed E-state index contributed by atoms with van der Waals surface area (Å²) in [5.74, 6) is 1.32. The Labute approximate surface area is 176 Å². The zero-order valence-corrected chi connectivity index (χ0v) is 18.6. The molecule has 0 bridgehead atoms. The number of benzene rings is 1. The van der Waals surface area contributed by atoms with Crippen molar-refractivity contribution in [1.29, 1.82) is 0 Å². The van der Waals surface area contributed by atoms with Crippen LogP contribution in [0.1, 0.15) is 29.3 Å². The molecule has 6 nitrogen and oxygen atoms in total. The van der Waals surface area contributed by atoms with Crippen LogP contribution in [0.15, 0.2) is 29.4 Å². The molecule has 144 valence electrons. The van der Waals surface area contributed by atoms with E-state index in [1.165, 1.54) is 12.0 Å². The number of halogens is 1. The summed E-state index contributed by atoms with van der Waals surface area (Å²) in [5.41, 5.74) is 0.726. The van der Waals surface area contributed by atoms with E-state index in [1.807, 2.05) is 25.3 Å². The van der Waals surface area contributed by atoms with Crippen molar-refractivity contribution < 1.29 is 9.84 Å². The molecule has 8 heteroatoms. The minimum Gasteiger partial charge on any atom is -0.504 e. The topological polar surface area (TPSA) is 78.8 Å². The third-order valence-corrected chi connectivity index (χ3v) is 4.84. The van der Waals surface area contributed by atoms with E-state index < -0.39 is 0 Å². The second kappa shape index (κ2) is 11.9. The fourth-order valence-electron chi connectivity index (χ4n) is 2.28. The molecule has 2 aromatic rings. The number of phenolic OH excluding ortho intramolecular Hbond substituents is 1. The Hall–Kier alpha value is -1.55. The molecule has 0 spiro atoms. The molecule has 0 amide bonds. The number of aromatic nitrogens is 1. The van der Waals surface area contributed by atoms with Gasteiger partial charge in [-0.25, -0.2) is 9.98 Å². The van der Waals surface area contributed by atoms with Crippen molar-refractivity contribution in [1.82, 2.24) is 15.6 Å². The van der Waals surface area contributed by atoms with Gasteiger partial charge in [0.1, 0.15) is 0 Å². The van der Waals surface area contributed by atoms with Gasteiger partial charge in [-0.05, 0) is 19.4 Å². The van der Waals surface area contributed by atoms with Gasteiger partial charge in [0, 0.05) is 36.1 Å². The number of aliphatic imine (C=N–C) groups is 1. The minimum atomic E-state index is 0. The van der Waals surface area contributed by atoms with Gasteiger partial charge in [-0.2, -0.15) is 0 Å². The summed E-state index contributed by atoms with van der Waals surface area (Å²) in [4.78, 5) is 10.3. The third-order valence-electron chi connectivity index (χ3n) is 3.64. The summed E-state index contributed by atoms with van der Waals surface area (Å²) in [7, 11) is 1.54. The number of ether oxygens (including phenoxy) is 1. The lowest BCUT2D eigenvalue weighted by atomic mass is 10.2. The van der Waals surface area contributed by atoms with Gasteiger partial charge in [0.25, 0.3) is 0 Å². The van der Waals surface area contributed by atoms with Crippen molar-refractivity contribution in [3.05, 3.63) is 39.8 Å². The van der Waals surface area contributed by atoms with Crippen molar-refractivity contribution in [2.24, 2.45) is 4.99 Å². The molecule has 0 unspecified atom stereocenters. The van der Waals surface area contributed by atoms with Crippen LogP contribution in [-0.4, -0.2) is 36.2 Å². The van der Waals surface area contributed by atoms with Crippen molar-refractivity contribution in [2.45, 2.75) is 33.2 Å². The van der Waals surface area contributed by atoms with E-state index in [9.17, 15) is 5.11 Å². The first-order chi connectivity index (χ1) is 12.2. The summed E-state index contributed by atoms with van der Waals surface area (Å²) in [6.07, 6.45) is 3.84. The van der Waals surface area contributed by atoms with Gasteiger partial charge < -0.3 is 20.5 Å². The number of para-hydroxylation sites is 1. The highest BCUT2D eigenvalue weighted by atomic mass is 127. The van der Waals surface area contributed by atoms with Crippen molar-refractivity contribution in [3.63, 3.8) is 0 Å². The second-order valence-electron chi connectivity index (χ2n) is 5.41. The van der Waals surface area contributed by atoms with Crippen LogP contribution in [0.25, 0.3) is 0 Å². The van der Waals surface area contributed by atoms with Gasteiger partial charge in [0.05, 0.1) is 18.7 Å². The zero-order valence-electron chi connectivity index (χ0n) is 15.4. The largest absolute Gasteiger partial charge is 0.504 e. The predicted octanol–water partition coefficient (Wildman–Crippen LogP) is 3.34. The van der Waals surface area contributed by atoms with Gasteiger partial charge in [0.15, 0.2) is 17.5 Å². The van der Waals surface area contributed by atoms with Gasteiger partial charge >= 0.3 is 0 Å². The number of thiazole rings is 1. The fraction of sp³-hybridized carbons (Fsp3) is 0.444. The van der Waals surface area contributed by atoms with E-state index in [0.717, 1.165) is 42.5 Å². The number of methoxy groups -OCH3 is 1. The van der Waals surface area contributed by atoms with E-state index in [4.69, 9.17) is 4.74 Å². The molecular weight excluding hydrogens is 463 g/mol. The highest BCUT2D eigenvalue weighted by molar-refractivity contribution is 14.0. The Morgan fingerprint density at radius 1 is 1.31 bits per heavy atom. The number of rotatable bonds is 8. The first-order valence-electron chi connectivity index (χ1n) is 8.48. The second-order valence-corrected chi connectivity index (χ2v) is 6.61. The summed E-state index contributed by atoms with van der Waals surface area (Å²) < 4.78 is 5.13. The number of nitrogens with zero attached hydrogens (tertiary/aromatic N) is 2. The highest BCUT2D eigenvalue weighted by Gasteiger charge is 2.07. The normalized spacial score (nSPS) is 11.0. The zero-order chi connectivity index (χ0) is 18.1. The SMILES string of the molecule is CCNC(=NCc1cccc(OC)c1O)NCCc1ncc(CC)s1.I. The summed E-state index contributed by atoms with van der Waals surface area (Å²) >= 11 is 1.76. The smallest absolute Gasteiger partial charge is 0.191 e. The van der Waals surface area contributed by atoms with Gasteiger partial charge in [-0.15, -0.1) is 35.3 Å². The Morgan fingerprint density at radius 2 is 2.12 bits per heavy atom. The van der Waals surface area contributed by atoms with Gasteiger partial charge in [-0.1, -0.05) is 19.1 Å². The van der Waals surface area contributed by atoms with E-state index in [-0.39, 0.29) is 29.7 Å². The fourth-order valence-corrected chi connectivity index (χ4v) is 3.14. The van der Waals surface area contributed by atoms with Crippen molar-refractivity contribution >= 4 is 41.3 Å². The maximum atomic E-state index is 10.1. The maximum Gasteiger partial charge on any atom is 0.191 e. The van der Waals surface area contributed by atoms with Crippen LogP contribution < -0.4 is 15.4 Å². The molecule has 0 radical (unpaired) electrons. The monoisotopic (exact) mass is 490 g/mol. The Kier molecular flexibility index (Phi) is 10.3. The maximum absolute atomic E-state index is 10.1. The molecular formula is C18H27IN4O2S. The number of aromatic hydroxyl groups is 1. The van der Waals surface area contributed by atoms with E-state index in [2.05, 4.69) is 27.5 Å². The van der Waals surface area contributed by atoms with Crippen LogP contribution in [-0.2, 0) is 19.4 Å². The Morgan fingerprint density at radius 3 is 2.77 bits per heavy atom. The lowest BCUT2D eigenvalue weighted by molar-refractivity contribution is 0.370. The van der Waals surface area contributed by atoms with Crippen molar-refractivity contribution in [2.75, 3.05) is 20.2 Å². The molecule has 3 N–H and O–H groups in total. The molecule has 2 rings (SSSR count). The number of guanidine groups is 1. The van der Waals surface area contributed by atoms with E-state index >= 15 is 0 Å². The molecule has 0 atom stereocenters.